The van der Waals surface area contributed by atoms with Crippen LogP contribution in [0.1, 0.15) is 214 Å². The summed E-state index contributed by atoms with van der Waals surface area (Å²) in [6.07, 6.45) is 30.0. The third-order valence-corrected chi connectivity index (χ3v) is 10.1. The van der Waals surface area contributed by atoms with E-state index in [-0.39, 0.29) is 36.0 Å². The molecule has 314 valence electrons. The fourth-order valence-electron chi connectivity index (χ4n) is 6.55. The molecule has 1 unspecified atom stereocenters. The maximum Gasteiger partial charge on any atom is 0.311 e. The Bertz CT molecular complexity index is 820. The van der Waals surface area contributed by atoms with Gasteiger partial charge in [0.2, 0.25) is 0 Å². The molecule has 0 aromatic carbocycles. The number of nitrogens with zero attached hydrogens (tertiary/aromatic N) is 1. The van der Waals surface area contributed by atoms with Gasteiger partial charge in [-0.15, -0.1) is 0 Å². The molecule has 0 aliphatic rings. The maximum absolute atomic E-state index is 12.9. The number of hydrogen-bond acceptors (Lipinski definition) is 8. The Morgan fingerprint density at radius 1 is 0.472 bits per heavy atom. The minimum absolute atomic E-state index is 0.0181. The smallest absolute Gasteiger partial charge is 0.311 e. The van der Waals surface area contributed by atoms with Crippen molar-refractivity contribution in [2.24, 2.45) is 5.92 Å². The highest BCUT2D eigenvalue weighted by Gasteiger charge is 2.21. The molecule has 0 radical (unpaired) electrons. The number of unbranched alkanes of at least 4 members (excludes halogenated alkanes) is 16. The van der Waals surface area contributed by atoms with E-state index in [0.717, 1.165) is 167 Å². The second kappa shape index (κ2) is 38.6. The summed E-state index contributed by atoms with van der Waals surface area (Å²) in [4.78, 5) is 39.6. The van der Waals surface area contributed by atoms with Gasteiger partial charge in [0.1, 0.15) is 12.2 Å². The van der Waals surface area contributed by atoms with Gasteiger partial charge in [-0.1, -0.05) is 143 Å². The lowest BCUT2D eigenvalue weighted by Gasteiger charge is -2.18. The molecule has 53 heavy (non-hydrogen) atoms. The van der Waals surface area contributed by atoms with Crippen molar-refractivity contribution in [1.29, 1.82) is 0 Å². The van der Waals surface area contributed by atoms with Crippen molar-refractivity contribution in [3.8, 4) is 0 Å². The fourth-order valence-corrected chi connectivity index (χ4v) is 6.55. The molecule has 0 heterocycles. The molecule has 8 nitrogen and oxygen atoms in total. The Morgan fingerprint density at radius 2 is 0.849 bits per heavy atom. The van der Waals surface area contributed by atoms with Gasteiger partial charge in [-0.25, -0.2) is 0 Å². The Morgan fingerprint density at radius 3 is 1.25 bits per heavy atom. The summed E-state index contributed by atoms with van der Waals surface area (Å²) < 4.78 is 23.2. The van der Waals surface area contributed by atoms with Gasteiger partial charge in [-0.05, 0) is 78.4 Å². The first-order valence-electron chi connectivity index (χ1n) is 22.5. The quantitative estimate of drug-likeness (QED) is 0.0347. The van der Waals surface area contributed by atoms with Crippen molar-refractivity contribution in [3.63, 3.8) is 0 Å². The Hall–Kier alpha value is -1.67. The van der Waals surface area contributed by atoms with Crippen LogP contribution < -0.4 is 0 Å². The number of carbonyl (C=O) groups excluding carboxylic acids is 3. The highest BCUT2D eigenvalue weighted by Crippen LogP contribution is 2.17. The normalized spacial score (nSPS) is 12.2. The molecule has 0 aliphatic heterocycles. The van der Waals surface area contributed by atoms with E-state index in [9.17, 15) is 14.4 Å². The van der Waals surface area contributed by atoms with Gasteiger partial charge in [0.25, 0.3) is 0 Å². The van der Waals surface area contributed by atoms with Crippen LogP contribution in [0.3, 0.4) is 0 Å². The molecule has 0 aliphatic carbocycles. The lowest BCUT2D eigenvalue weighted by molar-refractivity contribution is -0.152. The molecule has 0 saturated carbocycles. The van der Waals surface area contributed by atoms with E-state index < -0.39 is 0 Å². The number of carbonyl (C=O) groups is 3. The van der Waals surface area contributed by atoms with E-state index in [1.165, 1.54) is 12.8 Å². The molecule has 0 spiro atoms. The largest absolute Gasteiger partial charge is 0.465 e. The number of hydrogen-bond donors (Lipinski definition) is 0. The number of esters is 3. The highest BCUT2D eigenvalue weighted by molar-refractivity contribution is 5.72. The first kappa shape index (κ1) is 51.3. The van der Waals surface area contributed by atoms with Gasteiger partial charge in [-0.3, -0.25) is 14.4 Å². The van der Waals surface area contributed by atoms with Crippen molar-refractivity contribution in [2.75, 3.05) is 40.5 Å². The number of ether oxygens (including phenoxy) is 4. The molecule has 0 saturated heterocycles. The van der Waals surface area contributed by atoms with Crippen LogP contribution in [0.25, 0.3) is 0 Å². The minimum atomic E-state index is -0.224. The van der Waals surface area contributed by atoms with Crippen molar-refractivity contribution in [3.05, 3.63) is 0 Å². The highest BCUT2D eigenvalue weighted by atomic mass is 16.5. The summed E-state index contributed by atoms with van der Waals surface area (Å²) in [5.74, 6) is -0.401. The van der Waals surface area contributed by atoms with Gasteiger partial charge >= 0.3 is 17.9 Å². The topological polar surface area (TPSA) is 91.4 Å². The number of rotatable bonds is 40. The summed E-state index contributed by atoms with van der Waals surface area (Å²) in [6.45, 7) is 11.1. The van der Waals surface area contributed by atoms with Crippen molar-refractivity contribution >= 4 is 17.9 Å². The van der Waals surface area contributed by atoms with Gasteiger partial charge < -0.3 is 23.8 Å². The lowest BCUT2D eigenvalue weighted by Crippen LogP contribution is -2.27. The molecule has 0 fully saturated rings. The van der Waals surface area contributed by atoms with E-state index in [1.807, 2.05) is 14.1 Å². The SMILES string of the molecule is CCCCC(CCCC)OC(=O)CCCCCCCCCOCC(CCN(C)C)C(=O)OCCCCCCCCCC(=O)OC(CCCC)CCCC. The third-order valence-electron chi connectivity index (χ3n) is 10.1. The summed E-state index contributed by atoms with van der Waals surface area (Å²) in [7, 11) is 4.05. The van der Waals surface area contributed by atoms with Crippen molar-refractivity contribution < 1.29 is 33.3 Å². The molecule has 0 rings (SSSR count). The van der Waals surface area contributed by atoms with Gasteiger partial charge in [0.05, 0.1) is 19.1 Å². The molecule has 0 amide bonds. The summed E-state index contributed by atoms with van der Waals surface area (Å²) in [6, 6.07) is 0. The molecule has 1 atom stereocenters. The molecule has 0 bridgehead atoms. The second-order valence-electron chi connectivity index (χ2n) is 15.8. The van der Waals surface area contributed by atoms with E-state index in [1.54, 1.807) is 0 Å². The predicted octanol–water partition coefficient (Wildman–Crippen LogP) is 11.9. The van der Waals surface area contributed by atoms with E-state index in [2.05, 4.69) is 32.6 Å². The second-order valence-corrected chi connectivity index (χ2v) is 15.8. The zero-order chi connectivity index (χ0) is 39.2. The third kappa shape index (κ3) is 34.6. The van der Waals surface area contributed by atoms with Crippen LogP contribution in [-0.4, -0.2) is 75.5 Å². The monoisotopic (exact) mass is 754 g/mol. The average Bonchev–Trinajstić information content (AvgIpc) is 3.14. The summed E-state index contributed by atoms with van der Waals surface area (Å²) in [5, 5.41) is 0. The predicted molar refractivity (Wildman–Crippen MR) is 220 cm³/mol. The molecule has 8 heteroatoms. The molecular weight excluding hydrogens is 666 g/mol. The molecule has 0 aromatic heterocycles. The van der Waals surface area contributed by atoms with Crippen molar-refractivity contribution in [1.82, 2.24) is 4.90 Å². The Labute approximate surface area is 327 Å². The summed E-state index contributed by atoms with van der Waals surface area (Å²) in [5.41, 5.74) is 0. The molecule has 0 aromatic rings. The maximum atomic E-state index is 12.9. The van der Waals surface area contributed by atoms with E-state index >= 15 is 0 Å². The zero-order valence-corrected chi connectivity index (χ0v) is 35.9. The summed E-state index contributed by atoms with van der Waals surface area (Å²) >= 11 is 0. The first-order chi connectivity index (χ1) is 25.8. The minimum Gasteiger partial charge on any atom is -0.465 e. The fraction of sp³-hybridized carbons (Fsp3) is 0.933. The van der Waals surface area contributed by atoms with Crippen molar-refractivity contribution in [2.45, 2.75) is 226 Å². The van der Waals surface area contributed by atoms with Crippen LogP contribution in [-0.2, 0) is 33.3 Å². The average molecular weight is 754 g/mol. The van der Waals surface area contributed by atoms with E-state index in [0.29, 0.717) is 32.7 Å². The van der Waals surface area contributed by atoms with Crippen LogP contribution in [0, 0.1) is 5.92 Å². The van der Waals surface area contributed by atoms with Crippen LogP contribution in [0.4, 0.5) is 0 Å². The van der Waals surface area contributed by atoms with Crippen LogP contribution in [0.5, 0.6) is 0 Å². The Kier molecular flexibility index (Phi) is 37.4. The van der Waals surface area contributed by atoms with Gasteiger partial charge in [-0.2, -0.15) is 0 Å². The standard InChI is InChI=1S/C45H87NO7/c1-7-11-29-41(30-12-8-2)52-43(47)33-25-21-17-15-19-23-27-37-50-39-40(35-36-46(5)6)45(49)51-38-28-24-20-16-18-22-26-34-44(48)53-42(31-13-9-3)32-14-10-4/h40-42H,7-39H2,1-6H3. The van der Waals surface area contributed by atoms with Gasteiger partial charge in [0, 0.05) is 19.4 Å². The van der Waals surface area contributed by atoms with Crippen LogP contribution >= 0.6 is 0 Å². The van der Waals surface area contributed by atoms with Crippen LogP contribution in [0.2, 0.25) is 0 Å². The molecule has 0 N–H and O–H groups in total. The molecular formula is C45H87NO7. The van der Waals surface area contributed by atoms with E-state index in [4.69, 9.17) is 18.9 Å². The van der Waals surface area contributed by atoms with Gasteiger partial charge in [0.15, 0.2) is 0 Å². The Balaban J connectivity index is 3.98. The zero-order valence-electron chi connectivity index (χ0n) is 35.9. The lowest BCUT2D eigenvalue weighted by atomic mass is 10.1. The first-order valence-corrected chi connectivity index (χ1v) is 22.5. The van der Waals surface area contributed by atoms with Crippen LogP contribution in [0.15, 0.2) is 0 Å².